The van der Waals surface area contributed by atoms with Gasteiger partial charge in [-0.05, 0) is 35.3 Å². The first kappa shape index (κ1) is 12.6. The summed E-state index contributed by atoms with van der Waals surface area (Å²) >= 11 is 11.2. The molecular formula is C8H15Cl2OP. The zero-order chi connectivity index (χ0) is 9.61. The molecule has 0 aromatic carbocycles. The van der Waals surface area contributed by atoms with Crippen molar-refractivity contribution in [2.45, 2.75) is 38.3 Å². The van der Waals surface area contributed by atoms with Crippen molar-refractivity contribution in [2.24, 2.45) is 0 Å². The van der Waals surface area contributed by atoms with Gasteiger partial charge in [-0.3, -0.25) is 4.57 Å². The second-order valence-corrected chi connectivity index (χ2v) is 8.09. The Morgan fingerprint density at radius 1 is 1.58 bits per heavy atom. The number of rotatable bonds is 6. The molecule has 0 aliphatic heterocycles. The number of halogens is 2. The van der Waals surface area contributed by atoms with Crippen molar-refractivity contribution in [2.75, 3.05) is 0 Å². The fraction of sp³-hybridized carbons (Fsp3) is 0.750. The summed E-state index contributed by atoms with van der Waals surface area (Å²) in [6, 6.07) is 0. The summed E-state index contributed by atoms with van der Waals surface area (Å²) < 4.78 is 11.3. The molecule has 0 amide bonds. The minimum absolute atomic E-state index is 0.0988. The quantitative estimate of drug-likeness (QED) is 0.472. The number of hydrogen-bond donors (Lipinski definition) is 0. The number of hydrogen-bond acceptors (Lipinski definition) is 1. The highest BCUT2D eigenvalue weighted by molar-refractivity contribution is 8.09. The van der Waals surface area contributed by atoms with E-state index in [4.69, 9.17) is 22.5 Å². The van der Waals surface area contributed by atoms with E-state index >= 15 is 0 Å². The maximum atomic E-state index is 11.3. The Balaban J connectivity index is 4.04. The molecule has 1 unspecified atom stereocenters. The van der Waals surface area contributed by atoms with E-state index in [1.54, 1.807) is 6.08 Å². The molecule has 12 heavy (non-hydrogen) atoms. The third kappa shape index (κ3) is 5.24. The molecule has 0 saturated heterocycles. The molecule has 0 spiro atoms. The third-order valence-corrected chi connectivity index (χ3v) is 4.73. The normalized spacial score (nSPS) is 14.2. The molecule has 0 bridgehead atoms. The lowest BCUT2D eigenvalue weighted by Gasteiger charge is -2.14. The van der Waals surface area contributed by atoms with Crippen LogP contribution in [0.4, 0.5) is 0 Å². The summed E-state index contributed by atoms with van der Waals surface area (Å²) in [5.74, 6) is -2.95. The van der Waals surface area contributed by atoms with Crippen LogP contribution < -0.4 is 0 Å². The molecule has 0 aliphatic carbocycles. The van der Waals surface area contributed by atoms with Crippen LogP contribution in [-0.2, 0) is 4.57 Å². The van der Waals surface area contributed by atoms with Crippen LogP contribution in [0, 0.1) is 0 Å². The van der Waals surface area contributed by atoms with Crippen LogP contribution in [0.5, 0.6) is 0 Å². The highest BCUT2D eigenvalue weighted by atomic mass is 35.9. The van der Waals surface area contributed by atoms with Gasteiger partial charge in [0.05, 0.1) is 0 Å². The number of unbranched alkanes of at least 4 members (excludes halogenated alkanes) is 1. The van der Waals surface area contributed by atoms with Gasteiger partial charge >= 0.3 is 0 Å². The lowest BCUT2D eigenvalue weighted by atomic mass is 10.1. The predicted molar refractivity (Wildman–Crippen MR) is 57.4 cm³/mol. The van der Waals surface area contributed by atoms with E-state index in [2.05, 4.69) is 13.5 Å². The van der Waals surface area contributed by atoms with Crippen molar-refractivity contribution in [1.29, 1.82) is 0 Å². The van der Waals surface area contributed by atoms with Crippen LogP contribution >= 0.6 is 28.3 Å². The SMILES string of the molecule is C=CCC(CCCC)P(=O)(Cl)Cl. The maximum Gasteiger partial charge on any atom is 0.256 e. The van der Waals surface area contributed by atoms with E-state index in [9.17, 15) is 4.57 Å². The van der Waals surface area contributed by atoms with E-state index in [1.807, 2.05) is 0 Å². The Morgan fingerprint density at radius 3 is 2.50 bits per heavy atom. The van der Waals surface area contributed by atoms with Crippen molar-refractivity contribution in [3.63, 3.8) is 0 Å². The molecule has 0 aromatic rings. The average Bonchev–Trinajstić information content (AvgIpc) is 1.95. The van der Waals surface area contributed by atoms with E-state index < -0.39 is 5.85 Å². The van der Waals surface area contributed by atoms with Crippen molar-refractivity contribution in [1.82, 2.24) is 0 Å². The second kappa shape index (κ2) is 6.07. The molecule has 0 rings (SSSR count). The second-order valence-electron chi connectivity index (χ2n) is 2.82. The zero-order valence-electron chi connectivity index (χ0n) is 7.30. The molecule has 0 fully saturated rings. The molecule has 0 saturated carbocycles. The molecule has 0 heterocycles. The van der Waals surface area contributed by atoms with Gasteiger partial charge in [0.2, 0.25) is 0 Å². The molecule has 4 heteroatoms. The fourth-order valence-corrected chi connectivity index (χ4v) is 2.96. The Bertz CT molecular complexity index is 176. The van der Waals surface area contributed by atoms with Crippen LogP contribution in [0.15, 0.2) is 12.7 Å². The van der Waals surface area contributed by atoms with Crippen LogP contribution in [0.2, 0.25) is 0 Å². The molecule has 0 aromatic heterocycles. The highest BCUT2D eigenvalue weighted by Crippen LogP contribution is 2.63. The van der Waals surface area contributed by atoms with Crippen molar-refractivity contribution < 1.29 is 4.57 Å². The van der Waals surface area contributed by atoms with E-state index in [0.29, 0.717) is 6.42 Å². The smallest absolute Gasteiger partial charge is 0.256 e. The highest BCUT2D eigenvalue weighted by Gasteiger charge is 2.26. The van der Waals surface area contributed by atoms with Crippen molar-refractivity contribution >= 4 is 28.3 Å². The van der Waals surface area contributed by atoms with Crippen LogP contribution in [-0.4, -0.2) is 5.66 Å². The Morgan fingerprint density at radius 2 is 2.17 bits per heavy atom. The first-order valence-electron chi connectivity index (χ1n) is 4.12. The minimum Gasteiger partial charge on any atom is -0.289 e. The first-order valence-corrected chi connectivity index (χ1v) is 7.70. The van der Waals surface area contributed by atoms with E-state index in [0.717, 1.165) is 19.3 Å². The van der Waals surface area contributed by atoms with Gasteiger partial charge in [0.25, 0.3) is 5.85 Å². The lowest BCUT2D eigenvalue weighted by molar-refractivity contribution is 0.572. The van der Waals surface area contributed by atoms with Crippen molar-refractivity contribution in [3.8, 4) is 0 Å². The summed E-state index contributed by atoms with van der Waals surface area (Å²) in [6.07, 6.45) is 5.28. The average molecular weight is 229 g/mol. The van der Waals surface area contributed by atoms with Gasteiger partial charge in [0, 0.05) is 5.66 Å². The summed E-state index contributed by atoms with van der Waals surface area (Å²) in [5.41, 5.74) is -0.0988. The largest absolute Gasteiger partial charge is 0.289 e. The Hall–Kier alpha value is 0.550. The first-order chi connectivity index (χ1) is 5.52. The lowest BCUT2D eigenvalue weighted by Crippen LogP contribution is -2.01. The van der Waals surface area contributed by atoms with Gasteiger partial charge in [0.1, 0.15) is 0 Å². The third-order valence-electron chi connectivity index (χ3n) is 1.75. The van der Waals surface area contributed by atoms with Gasteiger partial charge in [-0.2, -0.15) is 0 Å². The summed E-state index contributed by atoms with van der Waals surface area (Å²) in [6.45, 7) is 5.67. The molecule has 72 valence electrons. The fourth-order valence-electron chi connectivity index (χ4n) is 1.02. The molecule has 0 N–H and O–H groups in total. The summed E-state index contributed by atoms with van der Waals surface area (Å²) in [7, 11) is 0. The van der Waals surface area contributed by atoms with Gasteiger partial charge in [0.15, 0.2) is 0 Å². The van der Waals surface area contributed by atoms with Crippen molar-refractivity contribution in [3.05, 3.63) is 12.7 Å². The number of allylic oxidation sites excluding steroid dienone is 1. The van der Waals surface area contributed by atoms with Crippen LogP contribution in [0.3, 0.4) is 0 Å². The van der Waals surface area contributed by atoms with Gasteiger partial charge < -0.3 is 0 Å². The predicted octanol–water partition coefficient (Wildman–Crippen LogP) is 4.79. The Labute approximate surface area is 84.1 Å². The molecule has 1 atom stereocenters. The molecule has 0 aliphatic rings. The molecular weight excluding hydrogens is 214 g/mol. The van der Waals surface area contributed by atoms with Gasteiger partial charge in [-0.1, -0.05) is 25.8 Å². The van der Waals surface area contributed by atoms with Gasteiger partial charge in [-0.15, -0.1) is 6.58 Å². The monoisotopic (exact) mass is 228 g/mol. The van der Waals surface area contributed by atoms with E-state index in [1.165, 1.54) is 0 Å². The van der Waals surface area contributed by atoms with Crippen LogP contribution in [0.25, 0.3) is 0 Å². The maximum absolute atomic E-state index is 11.3. The standard InChI is InChI=1S/C8H15Cl2OP/c1-3-5-7-8(6-4-2)12(9,10)11/h4,8H,2-3,5-7H2,1H3. The molecule has 1 nitrogen and oxygen atoms in total. The molecule has 0 radical (unpaired) electrons. The van der Waals surface area contributed by atoms with Gasteiger partial charge in [-0.25, -0.2) is 0 Å². The van der Waals surface area contributed by atoms with Crippen LogP contribution in [0.1, 0.15) is 32.6 Å². The minimum atomic E-state index is -2.95. The van der Waals surface area contributed by atoms with E-state index in [-0.39, 0.29) is 5.66 Å². The topological polar surface area (TPSA) is 17.1 Å². The summed E-state index contributed by atoms with van der Waals surface area (Å²) in [5, 5.41) is 0. The Kier molecular flexibility index (Phi) is 6.35. The summed E-state index contributed by atoms with van der Waals surface area (Å²) in [4.78, 5) is 0. The zero-order valence-corrected chi connectivity index (χ0v) is 9.71.